The predicted octanol–water partition coefficient (Wildman–Crippen LogP) is 6.76. The predicted molar refractivity (Wildman–Crippen MR) is 160 cm³/mol. The minimum atomic E-state index is -0.739. The van der Waals surface area contributed by atoms with Crippen LogP contribution in [0.25, 0.3) is 11.0 Å². The summed E-state index contributed by atoms with van der Waals surface area (Å²) in [6.07, 6.45) is 1.57. The number of pyridine rings is 2. The monoisotopic (exact) mass is 587 g/mol. The minimum absolute atomic E-state index is 0.0111. The number of nitrogen functional groups attached to an aromatic ring is 1. The van der Waals surface area contributed by atoms with E-state index >= 15 is 0 Å². The maximum atomic E-state index is 14.7. The summed E-state index contributed by atoms with van der Waals surface area (Å²) in [6, 6.07) is 5.91. The molecule has 0 saturated carbocycles. The minimum Gasteiger partial charge on any atom is -0.462 e. The maximum absolute atomic E-state index is 14.7. The van der Waals surface area contributed by atoms with Crippen LogP contribution in [0.1, 0.15) is 89.8 Å². The number of hydrogen-bond donors (Lipinski definition) is 1. The molecule has 2 radical (unpaired) electrons. The molecule has 3 aromatic rings. The fraction of sp³-hybridized carbons (Fsp3) is 0.500. The van der Waals surface area contributed by atoms with E-state index in [0.29, 0.717) is 16.8 Å². The first-order valence-corrected chi connectivity index (χ1v) is 14.6. The smallest absolute Gasteiger partial charge is 0.343 e. The lowest BCUT2D eigenvalue weighted by molar-refractivity contribution is -0.00175. The van der Waals surface area contributed by atoms with E-state index in [4.69, 9.17) is 26.5 Å². The molecule has 7 nitrogen and oxygen atoms in total. The number of rotatable bonds is 8. The summed E-state index contributed by atoms with van der Waals surface area (Å²) in [4.78, 5) is 31.4. The molecule has 40 heavy (non-hydrogen) atoms. The zero-order valence-corrected chi connectivity index (χ0v) is 26.5. The molecule has 2 aromatic heterocycles. The molecule has 216 valence electrons. The van der Waals surface area contributed by atoms with Crippen molar-refractivity contribution in [2.75, 3.05) is 12.3 Å². The van der Waals surface area contributed by atoms with E-state index in [0.717, 1.165) is 0 Å². The summed E-state index contributed by atoms with van der Waals surface area (Å²) in [5, 5.41) is 0.109. The highest BCUT2D eigenvalue weighted by atomic mass is 35.5. The lowest BCUT2D eigenvalue weighted by Crippen LogP contribution is -2.46. The number of esters is 1. The van der Waals surface area contributed by atoms with Crippen LogP contribution in [-0.4, -0.2) is 37.5 Å². The number of nitrogens with two attached hydrogens (primary N) is 1. The largest absolute Gasteiger partial charge is 0.462 e. The number of halogens is 2. The van der Waals surface area contributed by atoms with Crippen LogP contribution in [0.2, 0.25) is 10.1 Å². The number of carbonyl (C=O) groups is 1. The Morgan fingerprint density at radius 2 is 1.80 bits per heavy atom. The third-order valence-electron chi connectivity index (χ3n) is 6.40. The fourth-order valence-electron chi connectivity index (χ4n) is 5.04. The number of ether oxygens (including phenoxy) is 1. The van der Waals surface area contributed by atoms with Gasteiger partial charge >= 0.3 is 5.97 Å². The van der Waals surface area contributed by atoms with Crippen molar-refractivity contribution < 1.29 is 18.3 Å². The van der Waals surface area contributed by atoms with Crippen molar-refractivity contribution >= 4 is 44.2 Å². The summed E-state index contributed by atoms with van der Waals surface area (Å²) in [6.45, 7) is 18.3. The first-order chi connectivity index (χ1) is 18.4. The number of nitrogens with zero attached hydrogens (tertiary/aromatic N) is 2. The standard InChI is InChI=1S/C30H39ClFN3O4Si/c1-10-38-26(37)20-16-35(27(28(2,3)4)30(8,9)39-40-29(5,6)7)25-19(23(20)36)15-18(24(33)34-25)14-17-12-11-13-21(31)22(17)32/h11-13,15-16,27H,10,14H2,1-9H3,(H2,33,34)/t27-/m0/s1. The summed E-state index contributed by atoms with van der Waals surface area (Å²) < 4.78 is 28.3. The first-order valence-electron chi connectivity index (χ1n) is 13.3. The topological polar surface area (TPSA) is 96.4 Å². The number of fused-ring (bicyclic) bond motifs is 1. The van der Waals surface area contributed by atoms with Gasteiger partial charge in [-0.2, -0.15) is 0 Å². The Morgan fingerprint density at radius 1 is 1.15 bits per heavy atom. The summed E-state index contributed by atoms with van der Waals surface area (Å²) in [5.74, 6) is -1.15. The van der Waals surface area contributed by atoms with Crippen LogP contribution in [0, 0.1) is 11.2 Å². The molecule has 0 bridgehead atoms. The number of hydrogen-bond acceptors (Lipinski definition) is 6. The fourth-order valence-corrected chi connectivity index (χ4v) is 5.92. The Kier molecular flexibility index (Phi) is 9.23. The van der Waals surface area contributed by atoms with Gasteiger partial charge in [0, 0.05) is 12.6 Å². The van der Waals surface area contributed by atoms with Gasteiger partial charge in [-0.15, -0.1) is 0 Å². The van der Waals surface area contributed by atoms with E-state index in [1.807, 2.05) is 18.4 Å². The molecule has 0 spiro atoms. The molecule has 10 heteroatoms. The Labute approximate surface area is 243 Å². The second kappa shape index (κ2) is 11.6. The van der Waals surface area contributed by atoms with Crippen molar-refractivity contribution in [2.45, 2.75) is 85.4 Å². The van der Waals surface area contributed by atoms with Gasteiger partial charge in [0.1, 0.15) is 22.8 Å². The van der Waals surface area contributed by atoms with E-state index in [1.54, 1.807) is 25.1 Å². The van der Waals surface area contributed by atoms with E-state index in [2.05, 4.69) is 46.5 Å². The second-order valence-corrected chi connectivity index (χ2v) is 14.9. The lowest BCUT2D eigenvalue weighted by Gasteiger charge is -2.45. The average molecular weight is 588 g/mol. The molecule has 2 N–H and O–H groups in total. The number of carbonyl (C=O) groups excluding carboxylic acids is 1. The van der Waals surface area contributed by atoms with Crippen LogP contribution in [0.3, 0.4) is 0 Å². The highest BCUT2D eigenvalue weighted by molar-refractivity contribution is 6.32. The summed E-state index contributed by atoms with van der Waals surface area (Å²) in [7, 11) is 0.196. The maximum Gasteiger partial charge on any atom is 0.343 e. The van der Waals surface area contributed by atoms with Gasteiger partial charge in [-0.25, -0.2) is 14.2 Å². The van der Waals surface area contributed by atoms with Gasteiger partial charge in [-0.3, -0.25) is 4.79 Å². The SMILES string of the molecule is CCOC(=O)c1cn([C@@H](C(C)(C)C)C(C)(C)O[Si]C(C)(C)C)c2nc(N)c(Cc3cccc(Cl)c3F)cc2c1=O. The Bertz CT molecular complexity index is 1480. The van der Waals surface area contributed by atoms with Gasteiger partial charge in [0.2, 0.25) is 15.2 Å². The molecule has 0 unspecified atom stereocenters. The normalized spacial score (nSPS) is 13.5. The van der Waals surface area contributed by atoms with Gasteiger partial charge in [-0.05, 0) is 54.5 Å². The van der Waals surface area contributed by atoms with Crippen molar-refractivity contribution in [3.63, 3.8) is 0 Å². The molecule has 3 rings (SSSR count). The Morgan fingerprint density at radius 3 is 2.38 bits per heavy atom. The molecular weight excluding hydrogens is 549 g/mol. The van der Waals surface area contributed by atoms with Gasteiger partial charge in [0.25, 0.3) is 0 Å². The van der Waals surface area contributed by atoms with Crippen LogP contribution in [0.4, 0.5) is 10.2 Å². The number of aromatic nitrogens is 2. The van der Waals surface area contributed by atoms with Gasteiger partial charge in [0.05, 0.1) is 28.7 Å². The van der Waals surface area contributed by atoms with Crippen molar-refractivity contribution in [3.8, 4) is 0 Å². The molecule has 0 fully saturated rings. The molecule has 0 aliphatic carbocycles. The van der Waals surface area contributed by atoms with Crippen molar-refractivity contribution in [1.29, 1.82) is 0 Å². The van der Waals surface area contributed by atoms with Gasteiger partial charge < -0.3 is 19.5 Å². The summed E-state index contributed by atoms with van der Waals surface area (Å²) >= 11 is 5.98. The van der Waals surface area contributed by atoms with Crippen LogP contribution in [-0.2, 0) is 15.6 Å². The number of benzene rings is 1. The molecule has 0 aliphatic heterocycles. The van der Waals surface area contributed by atoms with Gasteiger partial charge in [-0.1, -0.05) is 65.3 Å². The van der Waals surface area contributed by atoms with Crippen LogP contribution in [0.15, 0.2) is 35.3 Å². The van der Waals surface area contributed by atoms with E-state index < -0.39 is 28.2 Å². The molecule has 2 heterocycles. The molecule has 0 amide bonds. The van der Waals surface area contributed by atoms with E-state index in [9.17, 15) is 14.0 Å². The van der Waals surface area contributed by atoms with Crippen molar-refractivity contribution in [3.05, 3.63) is 68.2 Å². The quantitative estimate of drug-likeness (QED) is 0.231. The average Bonchev–Trinajstić information content (AvgIpc) is 2.82. The highest BCUT2D eigenvalue weighted by Crippen LogP contribution is 2.43. The molecule has 1 aromatic carbocycles. The Balaban J connectivity index is 2.34. The van der Waals surface area contributed by atoms with Crippen molar-refractivity contribution in [2.24, 2.45) is 5.41 Å². The van der Waals surface area contributed by atoms with Crippen molar-refractivity contribution in [1.82, 2.24) is 9.55 Å². The van der Waals surface area contributed by atoms with Gasteiger partial charge in [0.15, 0.2) is 0 Å². The highest BCUT2D eigenvalue weighted by Gasteiger charge is 2.42. The molecule has 1 atom stereocenters. The zero-order valence-electron chi connectivity index (χ0n) is 24.7. The molecule has 0 saturated heterocycles. The third kappa shape index (κ3) is 6.93. The third-order valence-corrected chi connectivity index (χ3v) is 7.93. The van der Waals surface area contributed by atoms with Crippen LogP contribution < -0.4 is 11.2 Å². The first kappa shape index (κ1) is 31.8. The van der Waals surface area contributed by atoms with E-state index in [-0.39, 0.29) is 55.7 Å². The summed E-state index contributed by atoms with van der Waals surface area (Å²) in [5.41, 5.74) is 5.68. The zero-order chi connectivity index (χ0) is 30.2. The molecule has 0 aliphatic rings. The number of anilines is 1. The lowest BCUT2D eigenvalue weighted by atomic mass is 9.77. The Hall–Kier alpha value is -2.75. The van der Waals surface area contributed by atoms with Crippen LogP contribution in [0.5, 0.6) is 0 Å². The van der Waals surface area contributed by atoms with E-state index in [1.165, 1.54) is 12.3 Å². The molecular formula is C30H39ClFN3O4Si. The second-order valence-electron chi connectivity index (χ2n) is 12.6. The van der Waals surface area contributed by atoms with Crippen LogP contribution >= 0.6 is 11.6 Å².